The van der Waals surface area contributed by atoms with Gasteiger partial charge in [0.25, 0.3) is 0 Å². The highest BCUT2D eigenvalue weighted by Crippen LogP contribution is 2.48. The van der Waals surface area contributed by atoms with Gasteiger partial charge in [0.05, 0.1) is 6.61 Å². The van der Waals surface area contributed by atoms with Gasteiger partial charge in [0.1, 0.15) is 5.60 Å². The summed E-state index contributed by atoms with van der Waals surface area (Å²) in [6, 6.07) is 0. The van der Waals surface area contributed by atoms with Crippen molar-refractivity contribution in [2.45, 2.75) is 50.7 Å². The van der Waals surface area contributed by atoms with E-state index in [1.54, 1.807) is 0 Å². The highest BCUT2D eigenvalue weighted by Gasteiger charge is 2.61. The fourth-order valence-corrected chi connectivity index (χ4v) is 2.21. The molecular weight excluding hydrogens is 168 g/mol. The Morgan fingerprint density at radius 1 is 1.46 bits per heavy atom. The van der Waals surface area contributed by atoms with E-state index in [-0.39, 0.29) is 17.7 Å². The van der Waals surface area contributed by atoms with Crippen molar-refractivity contribution in [1.29, 1.82) is 0 Å². The molecule has 0 bridgehead atoms. The van der Waals surface area contributed by atoms with E-state index >= 15 is 0 Å². The Morgan fingerprint density at radius 3 is 2.77 bits per heavy atom. The molecule has 0 amide bonds. The van der Waals surface area contributed by atoms with Gasteiger partial charge >= 0.3 is 5.97 Å². The van der Waals surface area contributed by atoms with Crippen molar-refractivity contribution in [2.75, 3.05) is 6.61 Å². The van der Waals surface area contributed by atoms with Crippen LogP contribution in [0.4, 0.5) is 0 Å². The zero-order valence-corrected chi connectivity index (χ0v) is 8.04. The lowest BCUT2D eigenvalue weighted by molar-refractivity contribution is -0.144. The third-order valence-electron chi connectivity index (χ3n) is 2.97. The Morgan fingerprint density at radius 2 is 2.15 bits per heavy atom. The van der Waals surface area contributed by atoms with Crippen LogP contribution in [0.3, 0.4) is 0 Å². The molecule has 2 aliphatic rings. The summed E-state index contributed by atoms with van der Waals surface area (Å²) in [6.45, 7) is 2.28. The minimum atomic E-state index is -0.243. The number of hydrogen-bond acceptors (Lipinski definition) is 3. The topological polar surface area (TPSA) is 38.8 Å². The molecule has 1 atom stereocenters. The molecule has 3 nitrogen and oxygen atoms in total. The fourth-order valence-electron chi connectivity index (χ4n) is 2.21. The Balaban J connectivity index is 1.88. The second kappa shape index (κ2) is 3.29. The minimum absolute atomic E-state index is 0.107. The summed E-state index contributed by atoms with van der Waals surface area (Å²) < 4.78 is 10.4. The van der Waals surface area contributed by atoms with Crippen molar-refractivity contribution < 1.29 is 14.3 Å². The Kier molecular flexibility index (Phi) is 2.28. The lowest BCUT2D eigenvalue weighted by Gasteiger charge is -2.17. The molecule has 1 aliphatic heterocycles. The first kappa shape index (κ1) is 9.00. The zero-order chi connectivity index (χ0) is 9.31. The van der Waals surface area contributed by atoms with Crippen molar-refractivity contribution in [2.24, 2.45) is 0 Å². The van der Waals surface area contributed by atoms with Gasteiger partial charge < -0.3 is 9.47 Å². The van der Waals surface area contributed by atoms with E-state index in [9.17, 15) is 4.79 Å². The van der Waals surface area contributed by atoms with Crippen LogP contribution >= 0.6 is 0 Å². The molecule has 0 radical (unpaired) electrons. The zero-order valence-electron chi connectivity index (χ0n) is 8.04. The molecule has 1 spiro atoms. The van der Waals surface area contributed by atoms with Crippen LogP contribution in [0.5, 0.6) is 0 Å². The van der Waals surface area contributed by atoms with E-state index in [0.717, 1.165) is 12.8 Å². The molecule has 0 aromatic heterocycles. The highest BCUT2D eigenvalue weighted by molar-refractivity contribution is 5.79. The van der Waals surface area contributed by atoms with Crippen LogP contribution in [0, 0.1) is 0 Å². The maximum absolute atomic E-state index is 11.3. The van der Waals surface area contributed by atoms with E-state index in [2.05, 4.69) is 0 Å². The molecule has 2 fully saturated rings. The van der Waals surface area contributed by atoms with Crippen LogP contribution in [0.15, 0.2) is 0 Å². The monoisotopic (exact) mass is 184 g/mol. The highest BCUT2D eigenvalue weighted by atomic mass is 16.7. The Hall–Kier alpha value is -0.570. The van der Waals surface area contributed by atoms with Crippen LogP contribution in [0.1, 0.15) is 39.0 Å². The predicted octanol–water partition coefficient (Wildman–Crippen LogP) is 1.65. The number of carbonyl (C=O) groups is 1. The molecule has 74 valence electrons. The molecule has 0 aromatic rings. The van der Waals surface area contributed by atoms with Crippen molar-refractivity contribution in [1.82, 2.24) is 0 Å². The summed E-state index contributed by atoms with van der Waals surface area (Å²) in [5, 5.41) is 0. The van der Waals surface area contributed by atoms with Gasteiger partial charge in [-0.05, 0) is 19.8 Å². The minimum Gasteiger partial charge on any atom is -0.464 e. The first-order valence-electron chi connectivity index (χ1n) is 5.13. The SMILES string of the molecule is CCOC(=O)C1OC12CCCCC2. The summed E-state index contributed by atoms with van der Waals surface area (Å²) in [5.74, 6) is -0.163. The van der Waals surface area contributed by atoms with E-state index in [1.165, 1.54) is 19.3 Å². The Labute approximate surface area is 78.4 Å². The molecule has 0 N–H and O–H groups in total. The molecule has 13 heavy (non-hydrogen) atoms. The number of carbonyl (C=O) groups excluding carboxylic acids is 1. The first-order chi connectivity index (χ1) is 6.28. The van der Waals surface area contributed by atoms with Gasteiger partial charge in [-0.1, -0.05) is 19.3 Å². The van der Waals surface area contributed by atoms with Crippen LogP contribution in [0.25, 0.3) is 0 Å². The van der Waals surface area contributed by atoms with Crippen LogP contribution < -0.4 is 0 Å². The van der Waals surface area contributed by atoms with Crippen molar-refractivity contribution >= 4 is 5.97 Å². The molecule has 2 rings (SSSR count). The summed E-state index contributed by atoms with van der Waals surface area (Å²) in [6.07, 6.45) is 5.49. The first-order valence-corrected chi connectivity index (χ1v) is 5.13. The number of epoxide rings is 1. The van der Waals surface area contributed by atoms with Crippen molar-refractivity contribution in [3.05, 3.63) is 0 Å². The molecule has 1 saturated carbocycles. The molecule has 3 heteroatoms. The number of esters is 1. The van der Waals surface area contributed by atoms with Gasteiger partial charge in [-0.2, -0.15) is 0 Å². The molecular formula is C10H16O3. The largest absolute Gasteiger partial charge is 0.464 e. The van der Waals surface area contributed by atoms with Gasteiger partial charge in [-0.15, -0.1) is 0 Å². The average Bonchev–Trinajstić information content (AvgIpc) is 2.81. The van der Waals surface area contributed by atoms with Gasteiger partial charge in [0.15, 0.2) is 6.10 Å². The van der Waals surface area contributed by atoms with Gasteiger partial charge in [-0.3, -0.25) is 0 Å². The molecule has 1 aliphatic carbocycles. The van der Waals surface area contributed by atoms with Crippen LogP contribution in [-0.4, -0.2) is 24.3 Å². The third kappa shape index (κ3) is 1.57. The summed E-state index contributed by atoms with van der Waals surface area (Å²) in [5.41, 5.74) is -0.107. The molecule has 0 aromatic carbocycles. The van der Waals surface area contributed by atoms with E-state index < -0.39 is 0 Å². The number of rotatable bonds is 2. The Bertz CT molecular complexity index is 206. The summed E-state index contributed by atoms with van der Waals surface area (Å²) in [4.78, 5) is 11.3. The quantitative estimate of drug-likeness (QED) is 0.484. The smallest absolute Gasteiger partial charge is 0.338 e. The van der Waals surface area contributed by atoms with E-state index in [1.807, 2.05) is 6.92 Å². The number of hydrogen-bond donors (Lipinski definition) is 0. The van der Waals surface area contributed by atoms with Gasteiger partial charge in [0.2, 0.25) is 0 Å². The molecule has 1 heterocycles. The average molecular weight is 184 g/mol. The van der Waals surface area contributed by atoms with Gasteiger partial charge in [0, 0.05) is 0 Å². The third-order valence-corrected chi connectivity index (χ3v) is 2.97. The fraction of sp³-hybridized carbons (Fsp3) is 0.900. The van der Waals surface area contributed by atoms with Crippen LogP contribution in [-0.2, 0) is 14.3 Å². The lowest BCUT2D eigenvalue weighted by atomic mass is 9.86. The maximum atomic E-state index is 11.3. The van der Waals surface area contributed by atoms with Crippen LogP contribution in [0.2, 0.25) is 0 Å². The predicted molar refractivity (Wildman–Crippen MR) is 47.3 cm³/mol. The lowest BCUT2D eigenvalue weighted by Crippen LogP contribution is -2.25. The maximum Gasteiger partial charge on any atom is 0.338 e. The standard InChI is InChI=1S/C10H16O3/c1-2-12-9(11)8-10(13-8)6-4-3-5-7-10/h8H,2-7H2,1H3. The summed E-state index contributed by atoms with van der Waals surface area (Å²) >= 11 is 0. The van der Waals surface area contributed by atoms with Gasteiger partial charge in [-0.25, -0.2) is 4.79 Å². The molecule has 1 unspecified atom stereocenters. The molecule has 1 saturated heterocycles. The normalized spacial score (nSPS) is 30.1. The van der Waals surface area contributed by atoms with E-state index in [4.69, 9.17) is 9.47 Å². The second-order valence-electron chi connectivity index (χ2n) is 3.88. The second-order valence-corrected chi connectivity index (χ2v) is 3.88. The summed E-state index contributed by atoms with van der Waals surface area (Å²) in [7, 11) is 0. The van der Waals surface area contributed by atoms with Crippen molar-refractivity contribution in [3.8, 4) is 0 Å². The van der Waals surface area contributed by atoms with E-state index in [0.29, 0.717) is 6.61 Å². The number of ether oxygens (including phenoxy) is 2. The van der Waals surface area contributed by atoms with Crippen molar-refractivity contribution in [3.63, 3.8) is 0 Å².